The molecule has 0 aromatic heterocycles. The van der Waals surface area contributed by atoms with Crippen molar-refractivity contribution in [1.82, 2.24) is 4.31 Å². The fourth-order valence-electron chi connectivity index (χ4n) is 3.89. The quantitative estimate of drug-likeness (QED) is 0.418. The second kappa shape index (κ2) is 8.70. The monoisotopic (exact) mass is 427 g/mol. The average molecular weight is 428 g/mol. The largest absolute Gasteiger partial charge is 0.244 e. The van der Waals surface area contributed by atoms with Gasteiger partial charge < -0.3 is 0 Å². The molecule has 0 fully saturated rings. The number of hydrogen-bond acceptors (Lipinski definition) is 2. The Balaban J connectivity index is 2.22. The molecule has 3 rings (SSSR count). The van der Waals surface area contributed by atoms with Crippen molar-refractivity contribution in [3.63, 3.8) is 0 Å². The summed E-state index contributed by atoms with van der Waals surface area (Å²) < 4.78 is 29.5. The van der Waals surface area contributed by atoms with Crippen molar-refractivity contribution >= 4 is 21.6 Å². The Morgan fingerprint density at radius 3 is 2.41 bits per heavy atom. The lowest BCUT2D eigenvalue weighted by molar-refractivity contribution is 0.284. The van der Waals surface area contributed by atoms with E-state index in [-0.39, 0.29) is 6.04 Å². The van der Waals surface area contributed by atoms with Gasteiger partial charge in [-0.15, -0.1) is 0 Å². The summed E-state index contributed by atoms with van der Waals surface area (Å²) in [6.07, 6.45) is 6.48. The molecule has 1 aliphatic heterocycles. The van der Waals surface area contributed by atoms with Crippen LogP contribution in [-0.4, -0.2) is 18.8 Å². The normalized spacial score (nSPS) is 20.6. The molecular weight excluding hydrogens is 402 g/mol. The van der Waals surface area contributed by atoms with Gasteiger partial charge in [0.15, 0.2) is 0 Å². The highest BCUT2D eigenvalue weighted by Gasteiger charge is 2.41. The van der Waals surface area contributed by atoms with Crippen molar-refractivity contribution in [3.05, 3.63) is 101 Å². The van der Waals surface area contributed by atoms with Gasteiger partial charge in [0.2, 0.25) is 10.0 Å². The topological polar surface area (TPSA) is 37.4 Å². The summed E-state index contributed by atoms with van der Waals surface area (Å²) in [6.45, 7) is 9.89. The molecule has 1 heterocycles. The van der Waals surface area contributed by atoms with E-state index < -0.39 is 16.1 Å². The molecule has 0 amide bonds. The van der Waals surface area contributed by atoms with E-state index in [9.17, 15) is 8.42 Å². The van der Waals surface area contributed by atoms with E-state index >= 15 is 0 Å². The summed E-state index contributed by atoms with van der Waals surface area (Å²) >= 11 is 6.07. The molecule has 0 bridgehead atoms. The summed E-state index contributed by atoms with van der Waals surface area (Å²) in [5.74, 6) is 0. The molecule has 1 aliphatic rings. The summed E-state index contributed by atoms with van der Waals surface area (Å²) in [5.41, 5.74) is 3.37. The number of hydrogen-bond donors (Lipinski definition) is 0. The van der Waals surface area contributed by atoms with E-state index in [1.165, 1.54) is 0 Å². The number of benzene rings is 2. The highest BCUT2D eigenvalue weighted by molar-refractivity contribution is 7.89. The molecule has 0 spiro atoms. The highest BCUT2D eigenvalue weighted by Crippen LogP contribution is 2.41. The second-order valence-corrected chi connectivity index (χ2v) is 9.58. The number of rotatable bonds is 5. The smallest absolute Gasteiger partial charge is 0.207 e. The summed E-state index contributed by atoms with van der Waals surface area (Å²) in [4.78, 5) is 0.326. The van der Waals surface area contributed by atoms with Gasteiger partial charge in [-0.2, -0.15) is 4.31 Å². The van der Waals surface area contributed by atoms with Crippen LogP contribution in [0.4, 0.5) is 0 Å². The molecular formula is C24H26ClNO2S. The first-order valence-corrected chi connectivity index (χ1v) is 11.4. The maximum atomic E-state index is 13.9. The summed E-state index contributed by atoms with van der Waals surface area (Å²) in [6, 6.07) is 13.7. The van der Waals surface area contributed by atoms with Gasteiger partial charge in [0, 0.05) is 5.02 Å². The van der Waals surface area contributed by atoms with Crippen molar-refractivity contribution in [3.8, 4) is 0 Å². The van der Waals surface area contributed by atoms with Crippen molar-refractivity contribution in [2.75, 3.05) is 0 Å². The maximum absolute atomic E-state index is 13.9. The molecule has 0 aliphatic carbocycles. The van der Waals surface area contributed by atoms with Crippen LogP contribution in [0.1, 0.15) is 37.4 Å². The maximum Gasteiger partial charge on any atom is 0.244 e. The van der Waals surface area contributed by atoms with Gasteiger partial charge in [-0.25, -0.2) is 8.42 Å². The third-order valence-corrected chi connectivity index (χ3v) is 7.58. The standard InChI is InChI=1S/C24H26ClNO2S/c1-5-8-18(3)24-19(4)11-16-22(20-12-14-21(25)15-13-20)26(24)29(27,28)23-10-7-6-9-17(23)2/h5-15,22,24H,3,16H2,1-2,4H3/t22-,24-/m0/s1. The molecule has 0 saturated carbocycles. The molecule has 29 heavy (non-hydrogen) atoms. The molecule has 2 aromatic rings. The van der Waals surface area contributed by atoms with Crippen LogP contribution in [0.2, 0.25) is 5.02 Å². The van der Waals surface area contributed by atoms with Crippen LogP contribution in [-0.2, 0) is 10.0 Å². The zero-order valence-electron chi connectivity index (χ0n) is 17.0. The minimum absolute atomic E-state index is 0.326. The zero-order valence-corrected chi connectivity index (χ0v) is 18.5. The Morgan fingerprint density at radius 1 is 1.14 bits per heavy atom. The first-order chi connectivity index (χ1) is 13.8. The lowest BCUT2D eigenvalue weighted by Gasteiger charge is -2.41. The van der Waals surface area contributed by atoms with Gasteiger partial charge in [-0.1, -0.05) is 72.3 Å². The van der Waals surface area contributed by atoms with Gasteiger partial charge in [-0.3, -0.25) is 0 Å². The number of allylic oxidation sites excluding steroid dienone is 1. The number of sulfonamides is 1. The Labute approximate surface area is 179 Å². The predicted molar refractivity (Wildman–Crippen MR) is 121 cm³/mol. The van der Waals surface area contributed by atoms with E-state index in [0.717, 1.165) is 22.3 Å². The molecule has 5 heteroatoms. The number of aryl methyl sites for hydroxylation is 1. The Bertz CT molecular complexity index is 1070. The first kappa shape index (κ1) is 21.6. The molecule has 0 unspecified atom stereocenters. The Hall–Kier alpha value is -2.14. The zero-order chi connectivity index (χ0) is 21.2. The van der Waals surface area contributed by atoms with Crippen molar-refractivity contribution < 1.29 is 8.42 Å². The Morgan fingerprint density at radius 2 is 1.79 bits per heavy atom. The van der Waals surface area contributed by atoms with Crippen LogP contribution in [0.3, 0.4) is 0 Å². The van der Waals surface area contributed by atoms with E-state index in [1.807, 2.05) is 57.2 Å². The van der Waals surface area contributed by atoms with Gasteiger partial charge in [0.1, 0.15) is 0 Å². The van der Waals surface area contributed by atoms with Crippen LogP contribution in [0, 0.1) is 6.92 Å². The predicted octanol–water partition coefficient (Wildman–Crippen LogP) is 6.23. The third-order valence-electron chi connectivity index (χ3n) is 5.29. The minimum Gasteiger partial charge on any atom is -0.207 e. The van der Waals surface area contributed by atoms with Crippen LogP contribution in [0.5, 0.6) is 0 Å². The lowest BCUT2D eigenvalue weighted by atomic mass is 9.90. The van der Waals surface area contributed by atoms with Gasteiger partial charge >= 0.3 is 0 Å². The van der Waals surface area contributed by atoms with Crippen molar-refractivity contribution in [2.24, 2.45) is 0 Å². The minimum atomic E-state index is -3.78. The van der Waals surface area contributed by atoms with Crippen LogP contribution in [0.15, 0.2) is 89.4 Å². The number of nitrogens with zero attached hydrogens (tertiary/aromatic N) is 1. The van der Waals surface area contributed by atoms with Crippen molar-refractivity contribution in [1.29, 1.82) is 0 Å². The Kier molecular flexibility index (Phi) is 6.47. The fraction of sp³-hybridized carbons (Fsp3) is 0.250. The molecule has 2 aromatic carbocycles. The molecule has 2 atom stereocenters. The van der Waals surface area contributed by atoms with Crippen LogP contribution in [0.25, 0.3) is 0 Å². The van der Waals surface area contributed by atoms with E-state index in [2.05, 4.69) is 12.7 Å². The van der Waals surface area contributed by atoms with E-state index in [1.54, 1.807) is 28.6 Å². The van der Waals surface area contributed by atoms with Gasteiger partial charge in [-0.05, 0) is 62.1 Å². The van der Waals surface area contributed by atoms with E-state index in [0.29, 0.717) is 16.3 Å². The molecule has 0 saturated heterocycles. The SMILES string of the molecule is C=C(C=CC)[C@H]1C(C)=CC[C@@H](c2ccc(Cl)cc2)N1S(=O)(=O)c1ccccc1C. The summed E-state index contributed by atoms with van der Waals surface area (Å²) in [5, 5.41) is 0.625. The van der Waals surface area contributed by atoms with E-state index in [4.69, 9.17) is 11.6 Å². The molecule has 0 radical (unpaired) electrons. The molecule has 0 N–H and O–H groups in total. The fourth-order valence-corrected chi connectivity index (χ4v) is 6.09. The highest BCUT2D eigenvalue weighted by atomic mass is 35.5. The second-order valence-electron chi connectivity index (χ2n) is 7.33. The van der Waals surface area contributed by atoms with Crippen LogP contribution < -0.4 is 0 Å². The third kappa shape index (κ3) is 4.25. The van der Waals surface area contributed by atoms with Gasteiger partial charge in [0.25, 0.3) is 0 Å². The van der Waals surface area contributed by atoms with Crippen molar-refractivity contribution in [2.45, 2.75) is 44.2 Å². The number of halogens is 1. The average Bonchev–Trinajstić information content (AvgIpc) is 2.68. The lowest BCUT2D eigenvalue weighted by Crippen LogP contribution is -2.46. The first-order valence-electron chi connectivity index (χ1n) is 9.60. The van der Waals surface area contributed by atoms with Crippen LogP contribution >= 0.6 is 11.6 Å². The molecule has 152 valence electrons. The van der Waals surface area contributed by atoms with Gasteiger partial charge in [0.05, 0.1) is 17.0 Å². The summed E-state index contributed by atoms with van der Waals surface area (Å²) in [7, 11) is -3.78. The molecule has 3 nitrogen and oxygen atoms in total.